The van der Waals surface area contributed by atoms with Gasteiger partial charge in [-0.1, -0.05) is 65.3 Å². The van der Waals surface area contributed by atoms with Gasteiger partial charge in [0.05, 0.1) is 0 Å². The van der Waals surface area contributed by atoms with Crippen LogP contribution < -0.4 is 0 Å². The van der Waals surface area contributed by atoms with Crippen LogP contribution in [0.4, 0.5) is 0 Å². The van der Waals surface area contributed by atoms with Gasteiger partial charge in [0.15, 0.2) is 0 Å². The molecule has 4 aliphatic rings. The molecule has 0 aromatic carbocycles. The average molecular weight is 431 g/mol. The molecule has 0 bridgehead atoms. The molecule has 3 fully saturated rings. The molecular weight excluding hydrogens is 384 g/mol. The third kappa shape index (κ3) is 3.76. The second-order valence-corrected chi connectivity index (χ2v) is 13.0. The lowest BCUT2D eigenvalue weighted by Gasteiger charge is -2.58. The summed E-state index contributed by atoms with van der Waals surface area (Å²) < 4.78 is 0. The molecule has 9 atom stereocenters. The highest BCUT2D eigenvalue weighted by Gasteiger charge is 2.58. The Morgan fingerprint density at radius 2 is 1.80 bits per heavy atom. The van der Waals surface area contributed by atoms with Crippen LogP contribution in [0.1, 0.15) is 99.3 Å². The number of halogens is 1. The van der Waals surface area contributed by atoms with Crippen LogP contribution >= 0.6 is 11.6 Å². The molecule has 0 amide bonds. The topological polar surface area (TPSA) is 0 Å². The number of hydrogen-bond donors (Lipinski definition) is 0. The first-order valence-electron chi connectivity index (χ1n) is 13.2. The summed E-state index contributed by atoms with van der Waals surface area (Å²) in [6, 6.07) is 0. The maximum Gasteiger partial charge on any atom is 0.0373 e. The second kappa shape index (κ2) is 8.61. The molecule has 0 radical (unpaired) electrons. The monoisotopic (exact) mass is 430 g/mol. The van der Waals surface area contributed by atoms with Gasteiger partial charge in [-0.25, -0.2) is 0 Å². The maximum atomic E-state index is 6.57. The minimum atomic E-state index is 0.385. The third-order valence-electron chi connectivity index (χ3n) is 10.7. The molecule has 0 aromatic rings. The summed E-state index contributed by atoms with van der Waals surface area (Å²) in [5, 5.41) is 0.385. The Balaban J connectivity index is 1.52. The van der Waals surface area contributed by atoms with Gasteiger partial charge >= 0.3 is 0 Å². The number of fused-ring (bicyclic) bond motifs is 5. The van der Waals surface area contributed by atoms with E-state index in [4.69, 9.17) is 11.6 Å². The predicted molar refractivity (Wildman–Crippen MR) is 132 cm³/mol. The normalized spacial score (nSPS) is 45.6. The molecule has 0 heterocycles. The van der Waals surface area contributed by atoms with E-state index in [9.17, 15) is 0 Å². The van der Waals surface area contributed by atoms with Crippen molar-refractivity contribution in [2.24, 2.45) is 52.3 Å². The smallest absolute Gasteiger partial charge is 0.0373 e. The number of rotatable bonds is 5. The lowest BCUT2D eigenvalue weighted by atomic mass is 9.47. The Bertz CT molecular complexity index is 674. The fourth-order valence-electron chi connectivity index (χ4n) is 8.80. The van der Waals surface area contributed by atoms with Crippen LogP contribution in [0.5, 0.6) is 0 Å². The van der Waals surface area contributed by atoms with Gasteiger partial charge in [-0.05, 0) is 110 Å². The number of hydrogen-bond acceptors (Lipinski definition) is 0. The highest BCUT2D eigenvalue weighted by Crippen LogP contribution is 2.67. The van der Waals surface area contributed by atoms with Crippen molar-refractivity contribution in [3.8, 4) is 0 Å². The van der Waals surface area contributed by atoms with Crippen LogP contribution in [-0.2, 0) is 0 Å². The molecule has 0 aliphatic heterocycles. The van der Waals surface area contributed by atoms with E-state index < -0.39 is 0 Å². The highest BCUT2D eigenvalue weighted by molar-refractivity contribution is 6.20. The minimum absolute atomic E-state index is 0.385. The van der Waals surface area contributed by atoms with Crippen LogP contribution in [0.15, 0.2) is 23.8 Å². The zero-order chi connectivity index (χ0) is 21.7. The highest BCUT2D eigenvalue weighted by atomic mass is 35.5. The van der Waals surface area contributed by atoms with Gasteiger partial charge in [0.2, 0.25) is 0 Å². The fraction of sp³-hybridized carbons (Fsp3) is 0.862. The lowest BCUT2D eigenvalue weighted by Crippen LogP contribution is -2.50. The van der Waals surface area contributed by atoms with Crippen LogP contribution in [0.25, 0.3) is 0 Å². The molecule has 1 heteroatoms. The Morgan fingerprint density at radius 1 is 1.03 bits per heavy atom. The van der Waals surface area contributed by atoms with E-state index in [0.29, 0.717) is 16.2 Å². The van der Waals surface area contributed by atoms with Crippen molar-refractivity contribution in [1.82, 2.24) is 0 Å². The summed E-state index contributed by atoms with van der Waals surface area (Å²) in [5.74, 6) is 5.87. The summed E-state index contributed by atoms with van der Waals surface area (Å²) in [6.45, 7) is 14.9. The maximum absolute atomic E-state index is 6.57. The van der Waals surface area contributed by atoms with Crippen LogP contribution in [0.2, 0.25) is 0 Å². The predicted octanol–water partition coefficient (Wildman–Crippen LogP) is 9.05. The quantitative estimate of drug-likeness (QED) is 0.301. The van der Waals surface area contributed by atoms with Crippen molar-refractivity contribution in [3.63, 3.8) is 0 Å². The Kier molecular flexibility index (Phi) is 6.58. The zero-order valence-electron chi connectivity index (χ0n) is 20.6. The van der Waals surface area contributed by atoms with Crippen molar-refractivity contribution in [2.75, 3.05) is 0 Å². The molecule has 30 heavy (non-hydrogen) atoms. The molecule has 3 saturated carbocycles. The number of allylic oxidation sites excluding steroid dienone is 4. The SMILES string of the molecule is CC[C@@H](/C=C/[C@H](C)[C@@H]1CC[C@@H]2[C@H]3CC=C4C[C@@H](Cl)CC[C@]4(C)[C@@H]3CC[C@@]21C)C(C)C. The summed E-state index contributed by atoms with van der Waals surface area (Å²) in [7, 11) is 0. The Morgan fingerprint density at radius 3 is 2.50 bits per heavy atom. The minimum Gasteiger partial charge on any atom is -0.123 e. The first kappa shape index (κ1) is 22.9. The molecule has 0 nitrogen and oxygen atoms in total. The van der Waals surface area contributed by atoms with E-state index in [-0.39, 0.29) is 0 Å². The standard InChI is InChI=1S/C29H47Cl/c1-7-21(19(2)3)9-8-20(4)25-12-13-26-24-11-10-22-18-23(30)14-16-28(22,5)27(24)15-17-29(25,26)6/h8-10,19-21,23-27H,7,11-18H2,1-6H3/b9-8+/t20-,21-,23-,24+,25-,26+,27+,28-,29+/m0/s1. The summed E-state index contributed by atoms with van der Waals surface area (Å²) in [4.78, 5) is 0. The van der Waals surface area contributed by atoms with E-state index in [2.05, 4.69) is 59.8 Å². The van der Waals surface area contributed by atoms with Crippen LogP contribution in [0, 0.1) is 52.3 Å². The van der Waals surface area contributed by atoms with Gasteiger partial charge in [0, 0.05) is 5.38 Å². The molecule has 4 rings (SSSR count). The van der Waals surface area contributed by atoms with Crippen molar-refractivity contribution in [1.29, 1.82) is 0 Å². The average Bonchev–Trinajstić information content (AvgIpc) is 3.06. The Hall–Kier alpha value is -0.230. The summed E-state index contributed by atoms with van der Waals surface area (Å²) in [6.07, 6.45) is 20.0. The van der Waals surface area contributed by atoms with Crippen LogP contribution in [-0.4, -0.2) is 5.38 Å². The molecule has 0 aromatic heterocycles. The van der Waals surface area contributed by atoms with Gasteiger partial charge in [0.25, 0.3) is 0 Å². The van der Waals surface area contributed by atoms with Gasteiger partial charge in [0.1, 0.15) is 0 Å². The van der Waals surface area contributed by atoms with Crippen molar-refractivity contribution in [3.05, 3.63) is 23.8 Å². The van der Waals surface area contributed by atoms with Gasteiger partial charge in [-0.3, -0.25) is 0 Å². The van der Waals surface area contributed by atoms with Crippen LogP contribution in [0.3, 0.4) is 0 Å². The number of alkyl halides is 1. The van der Waals surface area contributed by atoms with E-state index in [1.54, 1.807) is 5.57 Å². The molecular formula is C29H47Cl. The second-order valence-electron chi connectivity index (χ2n) is 12.4. The summed E-state index contributed by atoms with van der Waals surface area (Å²) >= 11 is 6.57. The fourth-order valence-corrected chi connectivity index (χ4v) is 9.08. The molecule has 170 valence electrons. The van der Waals surface area contributed by atoms with Crippen molar-refractivity contribution >= 4 is 11.6 Å². The first-order chi connectivity index (χ1) is 14.2. The van der Waals surface area contributed by atoms with E-state index in [0.717, 1.165) is 47.8 Å². The van der Waals surface area contributed by atoms with E-state index >= 15 is 0 Å². The summed E-state index contributed by atoms with van der Waals surface area (Å²) in [5.41, 5.74) is 2.73. The molecule has 0 N–H and O–H groups in total. The van der Waals surface area contributed by atoms with Gasteiger partial charge < -0.3 is 0 Å². The van der Waals surface area contributed by atoms with Gasteiger partial charge in [-0.2, -0.15) is 0 Å². The third-order valence-corrected chi connectivity index (χ3v) is 11.1. The molecule has 0 spiro atoms. The molecule has 4 aliphatic carbocycles. The Labute approximate surface area is 192 Å². The van der Waals surface area contributed by atoms with Crippen molar-refractivity contribution < 1.29 is 0 Å². The van der Waals surface area contributed by atoms with Gasteiger partial charge in [-0.15, -0.1) is 11.6 Å². The van der Waals surface area contributed by atoms with Crippen molar-refractivity contribution in [2.45, 2.75) is 105 Å². The zero-order valence-corrected chi connectivity index (χ0v) is 21.3. The lowest BCUT2D eigenvalue weighted by molar-refractivity contribution is -0.0460. The van der Waals surface area contributed by atoms with E-state index in [1.807, 2.05) is 0 Å². The first-order valence-corrected chi connectivity index (χ1v) is 13.7. The molecule has 0 unspecified atom stereocenters. The largest absolute Gasteiger partial charge is 0.123 e. The molecule has 0 saturated heterocycles. The van der Waals surface area contributed by atoms with E-state index in [1.165, 1.54) is 51.4 Å².